The Bertz CT molecular complexity index is 1840. The number of pyridine rings is 1. The Hall–Kier alpha value is -4.19. The number of piperidine rings is 2. The van der Waals surface area contributed by atoms with E-state index < -0.39 is 5.60 Å². The van der Waals surface area contributed by atoms with Crippen molar-refractivity contribution in [2.75, 3.05) is 26.2 Å². The first-order valence-electron chi connectivity index (χ1n) is 15.5. The van der Waals surface area contributed by atoms with Gasteiger partial charge in [-0.2, -0.15) is 0 Å². The molecule has 2 saturated heterocycles. The number of aliphatic hydroxyl groups is 1. The van der Waals surface area contributed by atoms with Crippen molar-refractivity contribution in [3.8, 4) is 10.4 Å². The van der Waals surface area contributed by atoms with Crippen LogP contribution in [0.5, 0.6) is 0 Å². The van der Waals surface area contributed by atoms with Crippen LogP contribution >= 0.6 is 11.3 Å². The number of amides is 1. The van der Waals surface area contributed by atoms with Gasteiger partial charge in [-0.15, -0.1) is 11.3 Å². The van der Waals surface area contributed by atoms with Crippen molar-refractivity contribution in [3.63, 3.8) is 0 Å². The van der Waals surface area contributed by atoms with Crippen LogP contribution < -0.4 is 5.56 Å². The third-order valence-electron chi connectivity index (χ3n) is 9.42. The third-order valence-corrected chi connectivity index (χ3v) is 10.5. The van der Waals surface area contributed by atoms with E-state index in [1.165, 1.54) is 16.5 Å². The number of hydrogen-bond donors (Lipinski definition) is 1. The Labute approximate surface area is 265 Å². The summed E-state index contributed by atoms with van der Waals surface area (Å²) in [6, 6.07) is 16.1. The zero-order chi connectivity index (χ0) is 31.0. The van der Waals surface area contributed by atoms with Crippen LogP contribution in [0.15, 0.2) is 84.4 Å². The summed E-state index contributed by atoms with van der Waals surface area (Å²) in [7, 11) is 1.85. The molecule has 1 aromatic carbocycles. The number of fused-ring (bicyclic) bond motifs is 1. The highest BCUT2D eigenvalue weighted by molar-refractivity contribution is 7.15. The predicted molar refractivity (Wildman–Crippen MR) is 174 cm³/mol. The van der Waals surface area contributed by atoms with Gasteiger partial charge >= 0.3 is 0 Å². The Morgan fingerprint density at radius 2 is 1.87 bits per heavy atom. The first-order valence-corrected chi connectivity index (χ1v) is 16.3. The molecule has 0 radical (unpaired) electrons. The van der Waals surface area contributed by atoms with Crippen molar-refractivity contribution in [2.45, 2.75) is 43.9 Å². The SMILES string of the molecule is Cn1ccc2c(=O)n(CC3(O)CCN(C(=O)[C@@H]4CCN(Cc5ncc(-c6cccnc6)s5)C[C@H]4c4ccccc4)CC3)cnc21. The van der Waals surface area contributed by atoms with Gasteiger partial charge in [-0.3, -0.25) is 24.0 Å². The molecule has 2 aliphatic rings. The molecular weight excluding hydrogens is 586 g/mol. The fourth-order valence-electron chi connectivity index (χ4n) is 6.86. The van der Waals surface area contributed by atoms with Crippen LogP contribution in [0.1, 0.15) is 35.8 Å². The largest absolute Gasteiger partial charge is 0.388 e. The lowest BCUT2D eigenvalue weighted by Gasteiger charge is -2.43. The molecule has 10 nitrogen and oxygen atoms in total. The molecule has 45 heavy (non-hydrogen) atoms. The number of thiazole rings is 1. The first-order chi connectivity index (χ1) is 21.9. The Balaban J connectivity index is 1.02. The molecule has 1 N–H and O–H groups in total. The lowest BCUT2D eigenvalue weighted by molar-refractivity contribution is -0.142. The number of likely N-dealkylation sites (tertiary alicyclic amines) is 2. The number of rotatable bonds is 7. The lowest BCUT2D eigenvalue weighted by Crippen LogP contribution is -2.53. The Morgan fingerprint density at radius 1 is 1.04 bits per heavy atom. The fourth-order valence-corrected chi connectivity index (χ4v) is 7.81. The predicted octanol–water partition coefficient (Wildman–Crippen LogP) is 3.91. The van der Waals surface area contributed by atoms with Crippen molar-refractivity contribution in [3.05, 3.63) is 101 Å². The van der Waals surface area contributed by atoms with Gasteiger partial charge in [0, 0.05) is 68.9 Å². The van der Waals surface area contributed by atoms with Crippen LogP contribution in [-0.2, 0) is 24.9 Å². The standard InChI is InChI=1S/C34H37N7O3S/c1-38-14-9-27-31(38)37-23-41(33(27)43)22-34(44)11-16-40(17-12-34)32(42)26-10-15-39(20-28(26)24-6-3-2-4-7-24)21-30-36-19-29(45-30)25-8-5-13-35-18-25/h2-9,13-14,18-19,23,26,28,44H,10-12,15-17,20-22H2,1H3/t26-,28+/m1/s1. The van der Waals surface area contributed by atoms with E-state index in [0.717, 1.165) is 41.5 Å². The van der Waals surface area contributed by atoms with Crippen molar-refractivity contribution in [1.82, 2.24) is 33.9 Å². The smallest absolute Gasteiger partial charge is 0.262 e. The maximum atomic E-state index is 14.1. The van der Waals surface area contributed by atoms with E-state index in [9.17, 15) is 14.7 Å². The minimum atomic E-state index is -1.07. The maximum Gasteiger partial charge on any atom is 0.262 e. The normalized spacial score (nSPS) is 20.4. The van der Waals surface area contributed by atoms with Gasteiger partial charge in [-0.1, -0.05) is 36.4 Å². The van der Waals surface area contributed by atoms with Crippen molar-refractivity contribution in [2.24, 2.45) is 13.0 Å². The number of benzene rings is 1. The summed E-state index contributed by atoms with van der Waals surface area (Å²) in [4.78, 5) is 45.9. The zero-order valence-electron chi connectivity index (χ0n) is 25.3. The zero-order valence-corrected chi connectivity index (χ0v) is 26.1. The number of nitrogens with zero attached hydrogens (tertiary/aromatic N) is 7. The van der Waals surface area contributed by atoms with Crippen LogP contribution in [0.25, 0.3) is 21.5 Å². The molecule has 1 amide bonds. The number of aromatic nitrogens is 5. The molecule has 232 valence electrons. The van der Waals surface area contributed by atoms with E-state index in [4.69, 9.17) is 4.98 Å². The van der Waals surface area contributed by atoms with E-state index >= 15 is 0 Å². The molecule has 0 spiro atoms. The van der Waals surface area contributed by atoms with Crippen molar-refractivity contribution < 1.29 is 9.90 Å². The molecule has 2 fully saturated rings. The topological polar surface area (TPSA) is 109 Å². The van der Waals surface area contributed by atoms with Gasteiger partial charge in [-0.25, -0.2) is 9.97 Å². The van der Waals surface area contributed by atoms with Gasteiger partial charge in [0.15, 0.2) is 0 Å². The summed E-state index contributed by atoms with van der Waals surface area (Å²) >= 11 is 1.69. The van der Waals surface area contributed by atoms with Gasteiger partial charge in [0.25, 0.3) is 5.56 Å². The van der Waals surface area contributed by atoms with Crippen molar-refractivity contribution in [1.29, 1.82) is 0 Å². The van der Waals surface area contributed by atoms with Crippen LogP contribution in [0.2, 0.25) is 0 Å². The third kappa shape index (κ3) is 6.07. The van der Waals surface area contributed by atoms with Crippen LogP contribution in [0, 0.1) is 5.92 Å². The minimum Gasteiger partial charge on any atom is -0.388 e. The van der Waals surface area contributed by atoms with E-state index in [-0.39, 0.29) is 29.8 Å². The van der Waals surface area contributed by atoms with Crippen LogP contribution in [0.4, 0.5) is 0 Å². The second-order valence-corrected chi connectivity index (χ2v) is 13.5. The van der Waals surface area contributed by atoms with E-state index in [0.29, 0.717) is 37.0 Å². The average Bonchev–Trinajstić information content (AvgIpc) is 3.70. The summed E-state index contributed by atoms with van der Waals surface area (Å²) in [6.45, 7) is 3.42. The second-order valence-electron chi connectivity index (χ2n) is 12.4. The Kier molecular flexibility index (Phi) is 8.07. The molecule has 7 rings (SSSR count). The molecule has 5 aromatic rings. The van der Waals surface area contributed by atoms with Gasteiger partial charge < -0.3 is 14.6 Å². The summed E-state index contributed by atoms with van der Waals surface area (Å²) < 4.78 is 3.31. The van der Waals surface area contributed by atoms with E-state index in [1.807, 2.05) is 59.4 Å². The fraction of sp³-hybridized carbons (Fsp3) is 0.382. The summed E-state index contributed by atoms with van der Waals surface area (Å²) in [5.74, 6) is 0.0841. The van der Waals surface area contributed by atoms with E-state index in [2.05, 4.69) is 33.1 Å². The highest BCUT2D eigenvalue weighted by Crippen LogP contribution is 2.36. The highest BCUT2D eigenvalue weighted by Gasteiger charge is 2.41. The number of carbonyl (C=O) groups is 1. The summed E-state index contributed by atoms with van der Waals surface area (Å²) in [5.41, 5.74) is 1.64. The molecule has 0 aliphatic carbocycles. The molecule has 0 bridgehead atoms. The Morgan fingerprint density at radius 3 is 2.64 bits per heavy atom. The van der Waals surface area contributed by atoms with Crippen LogP contribution in [-0.4, -0.2) is 76.7 Å². The van der Waals surface area contributed by atoms with Gasteiger partial charge in [0.2, 0.25) is 5.91 Å². The second kappa shape index (κ2) is 12.3. The number of aryl methyl sites for hydroxylation is 1. The molecule has 11 heteroatoms. The average molecular weight is 624 g/mol. The molecule has 4 aromatic heterocycles. The highest BCUT2D eigenvalue weighted by atomic mass is 32.1. The quantitative estimate of drug-likeness (QED) is 0.293. The van der Waals surface area contributed by atoms with E-state index in [1.54, 1.807) is 23.6 Å². The monoisotopic (exact) mass is 623 g/mol. The minimum absolute atomic E-state index is 0.0632. The first kappa shape index (κ1) is 29.5. The number of hydrogen-bond acceptors (Lipinski definition) is 8. The molecule has 6 heterocycles. The van der Waals surface area contributed by atoms with Gasteiger partial charge in [0.05, 0.1) is 29.0 Å². The molecule has 2 aliphatic heterocycles. The number of carbonyl (C=O) groups excluding carboxylic acids is 1. The molecule has 0 unspecified atom stereocenters. The summed E-state index contributed by atoms with van der Waals surface area (Å²) in [6.07, 6.45) is 10.5. The van der Waals surface area contributed by atoms with Crippen LogP contribution in [0.3, 0.4) is 0 Å². The van der Waals surface area contributed by atoms with Crippen molar-refractivity contribution >= 4 is 28.3 Å². The molecule has 2 atom stereocenters. The summed E-state index contributed by atoms with van der Waals surface area (Å²) in [5, 5.41) is 13.1. The lowest BCUT2D eigenvalue weighted by atomic mass is 9.79. The molecule has 0 saturated carbocycles. The maximum absolute atomic E-state index is 14.1. The molecular formula is C34H37N7O3S. The van der Waals surface area contributed by atoms with Gasteiger partial charge in [-0.05, 0) is 43.5 Å². The van der Waals surface area contributed by atoms with Gasteiger partial charge in [0.1, 0.15) is 17.0 Å².